The number of hydrogen-bond acceptors (Lipinski definition) is 5. The number of hydrogen-bond donors (Lipinski definition) is 1. The lowest BCUT2D eigenvalue weighted by Gasteiger charge is -2.03. The molecular weight excluding hydrogens is 316 g/mol. The first kappa shape index (κ1) is 16.7. The molecule has 0 aliphatic rings. The van der Waals surface area contributed by atoms with Gasteiger partial charge in [0.15, 0.2) is 0 Å². The Morgan fingerprint density at radius 2 is 1.76 bits per heavy atom. The van der Waals surface area contributed by atoms with E-state index >= 15 is 0 Å². The molecule has 25 heavy (non-hydrogen) atoms. The van der Waals surface area contributed by atoms with Crippen LogP contribution in [0.4, 0.5) is 0 Å². The number of carbonyl (C=O) groups is 1. The van der Waals surface area contributed by atoms with Crippen molar-refractivity contribution in [3.63, 3.8) is 0 Å². The molecule has 0 aliphatic carbocycles. The molecule has 3 aromatic rings. The molecule has 5 heteroatoms. The molecule has 3 rings (SSSR count). The van der Waals surface area contributed by atoms with E-state index in [1.165, 1.54) is 5.56 Å². The lowest BCUT2D eigenvalue weighted by Crippen LogP contribution is -2.11. The standard InChI is InChI=1S/C20H18N2O3/c23-20(15-22-25-21-14-19-7-4-12-24-19)18-10-8-17(9-11-18)13-16-5-2-1-3-6-16/h1-12,15,21H,13-14H2/b22-15+. The van der Waals surface area contributed by atoms with E-state index < -0.39 is 0 Å². The van der Waals surface area contributed by atoms with Crippen molar-refractivity contribution in [3.8, 4) is 0 Å². The van der Waals surface area contributed by atoms with Crippen LogP contribution >= 0.6 is 0 Å². The molecule has 0 saturated heterocycles. The van der Waals surface area contributed by atoms with Crippen LogP contribution in [0.3, 0.4) is 0 Å². The van der Waals surface area contributed by atoms with Crippen LogP contribution in [0.5, 0.6) is 0 Å². The summed E-state index contributed by atoms with van der Waals surface area (Å²) in [7, 11) is 0. The summed E-state index contributed by atoms with van der Waals surface area (Å²) < 4.78 is 5.12. The third-order valence-corrected chi connectivity index (χ3v) is 3.60. The number of rotatable bonds is 8. The van der Waals surface area contributed by atoms with Gasteiger partial charge in [-0.25, -0.2) is 0 Å². The lowest BCUT2D eigenvalue weighted by molar-refractivity contribution is 0.0390. The first-order valence-corrected chi connectivity index (χ1v) is 7.93. The van der Waals surface area contributed by atoms with Gasteiger partial charge in [0.1, 0.15) is 12.0 Å². The van der Waals surface area contributed by atoms with E-state index in [0.29, 0.717) is 12.1 Å². The minimum Gasteiger partial charge on any atom is -0.468 e. The Hall–Kier alpha value is -3.18. The maximum absolute atomic E-state index is 12.0. The van der Waals surface area contributed by atoms with Crippen molar-refractivity contribution < 1.29 is 14.2 Å². The SMILES string of the molecule is O=C(/C=N/ONCc1ccco1)c1ccc(Cc2ccccc2)cc1. The average molecular weight is 334 g/mol. The topological polar surface area (TPSA) is 63.8 Å². The van der Waals surface area contributed by atoms with E-state index in [-0.39, 0.29) is 5.78 Å². The Balaban J connectivity index is 1.47. The molecule has 0 fully saturated rings. The van der Waals surface area contributed by atoms with E-state index in [1.807, 2.05) is 36.4 Å². The summed E-state index contributed by atoms with van der Waals surface area (Å²) in [5.41, 5.74) is 5.54. The maximum atomic E-state index is 12.0. The Kier molecular flexibility index (Phi) is 5.74. The van der Waals surface area contributed by atoms with Crippen molar-refractivity contribution in [1.29, 1.82) is 0 Å². The lowest BCUT2D eigenvalue weighted by atomic mass is 10.0. The van der Waals surface area contributed by atoms with Crippen LogP contribution in [0, 0.1) is 0 Å². The number of furan rings is 1. The molecule has 0 bridgehead atoms. The molecule has 126 valence electrons. The normalized spacial score (nSPS) is 10.9. The molecule has 0 amide bonds. The third kappa shape index (κ3) is 5.16. The summed E-state index contributed by atoms with van der Waals surface area (Å²) in [5.74, 6) is 0.501. The Labute approximate surface area is 145 Å². The molecule has 0 saturated carbocycles. The fraction of sp³-hybridized carbons (Fsp3) is 0.100. The molecule has 1 heterocycles. The molecule has 0 radical (unpaired) electrons. The highest BCUT2D eigenvalue weighted by atomic mass is 16.8. The van der Waals surface area contributed by atoms with Gasteiger partial charge in [0.05, 0.1) is 12.8 Å². The fourth-order valence-electron chi connectivity index (χ4n) is 2.32. The number of benzene rings is 2. The Morgan fingerprint density at radius 1 is 1.00 bits per heavy atom. The van der Waals surface area contributed by atoms with Crippen molar-refractivity contribution in [2.24, 2.45) is 5.16 Å². The van der Waals surface area contributed by atoms with E-state index in [9.17, 15) is 4.79 Å². The zero-order chi connectivity index (χ0) is 17.3. The van der Waals surface area contributed by atoms with Crippen molar-refractivity contribution in [2.75, 3.05) is 0 Å². The second-order valence-electron chi connectivity index (χ2n) is 5.45. The number of nitrogens with zero attached hydrogens (tertiary/aromatic N) is 1. The Morgan fingerprint density at radius 3 is 2.48 bits per heavy atom. The Bertz CT molecular complexity index is 810. The largest absolute Gasteiger partial charge is 0.468 e. The van der Waals surface area contributed by atoms with E-state index in [4.69, 9.17) is 9.36 Å². The molecule has 0 spiro atoms. The fourth-order valence-corrected chi connectivity index (χ4v) is 2.32. The second-order valence-corrected chi connectivity index (χ2v) is 5.45. The third-order valence-electron chi connectivity index (χ3n) is 3.60. The number of Topliss-reactive ketones (excluding diaryl/α,β-unsaturated/α-hetero) is 1. The van der Waals surface area contributed by atoms with Crippen LogP contribution in [-0.4, -0.2) is 12.0 Å². The van der Waals surface area contributed by atoms with Crippen molar-refractivity contribution >= 4 is 12.0 Å². The molecule has 1 N–H and O–H groups in total. The van der Waals surface area contributed by atoms with Crippen molar-refractivity contribution in [1.82, 2.24) is 5.48 Å². The zero-order valence-electron chi connectivity index (χ0n) is 13.6. The summed E-state index contributed by atoms with van der Waals surface area (Å²) in [4.78, 5) is 16.9. The quantitative estimate of drug-likeness (QED) is 0.295. The van der Waals surface area contributed by atoms with Gasteiger partial charge in [-0.2, -0.15) is 0 Å². The van der Waals surface area contributed by atoms with Crippen LogP contribution < -0.4 is 5.48 Å². The van der Waals surface area contributed by atoms with Crippen molar-refractivity contribution in [2.45, 2.75) is 13.0 Å². The van der Waals surface area contributed by atoms with E-state index in [0.717, 1.165) is 24.0 Å². The van der Waals surface area contributed by atoms with Gasteiger partial charge >= 0.3 is 0 Å². The highest BCUT2D eigenvalue weighted by Gasteiger charge is 2.03. The minimum absolute atomic E-state index is 0.217. The molecule has 0 atom stereocenters. The maximum Gasteiger partial charge on any atom is 0.207 e. The zero-order valence-corrected chi connectivity index (χ0v) is 13.6. The average Bonchev–Trinajstić information content (AvgIpc) is 3.16. The second kappa shape index (κ2) is 8.61. The smallest absolute Gasteiger partial charge is 0.207 e. The van der Waals surface area contributed by atoms with Crippen LogP contribution in [0.25, 0.3) is 0 Å². The molecule has 5 nitrogen and oxygen atoms in total. The van der Waals surface area contributed by atoms with Gasteiger partial charge in [-0.3, -0.25) is 9.73 Å². The van der Waals surface area contributed by atoms with Gasteiger partial charge < -0.3 is 4.42 Å². The van der Waals surface area contributed by atoms with Gasteiger partial charge in [-0.05, 0) is 29.7 Å². The molecule has 2 aromatic carbocycles. The van der Waals surface area contributed by atoms with Crippen LogP contribution in [-0.2, 0) is 17.9 Å². The summed E-state index contributed by atoms with van der Waals surface area (Å²) >= 11 is 0. The van der Waals surface area contributed by atoms with Crippen LogP contribution in [0.2, 0.25) is 0 Å². The minimum atomic E-state index is -0.217. The molecule has 1 aromatic heterocycles. The van der Waals surface area contributed by atoms with E-state index in [2.05, 4.69) is 22.8 Å². The number of ketones is 1. The van der Waals surface area contributed by atoms with Crippen LogP contribution in [0.15, 0.2) is 82.6 Å². The molecule has 0 unspecified atom stereocenters. The van der Waals surface area contributed by atoms with Gasteiger partial charge in [0.2, 0.25) is 5.78 Å². The highest BCUT2D eigenvalue weighted by molar-refractivity contribution is 6.35. The van der Waals surface area contributed by atoms with Gasteiger partial charge in [-0.15, -0.1) is 5.48 Å². The van der Waals surface area contributed by atoms with E-state index in [1.54, 1.807) is 24.5 Å². The first-order chi connectivity index (χ1) is 12.3. The highest BCUT2D eigenvalue weighted by Crippen LogP contribution is 2.11. The first-order valence-electron chi connectivity index (χ1n) is 7.93. The molecule has 0 aliphatic heterocycles. The number of nitrogens with one attached hydrogen (secondary N) is 1. The predicted molar refractivity (Wildman–Crippen MR) is 95.1 cm³/mol. The van der Waals surface area contributed by atoms with Crippen LogP contribution in [0.1, 0.15) is 27.2 Å². The number of carbonyl (C=O) groups excluding carboxylic acids is 1. The van der Waals surface area contributed by atoms with Gasteiger partial charge in [0.25, 0.3) is 0 Å². The summed E-state index contributed by atoms with van der Waals surface area (Å²) in [6.07, 6.45) is 3.55. The summed E-state index contributed by atoms with van der Waals surface area (Å²) in [6.45, 7) is 0.368. The van der Waals surface area contributed by atoms with Gasteiger partial charge in [-0.1, -0.05) is 59.8 Å². The molecular formula is C20H18N2O3. The number of hydroxylamine groups is 1. The summed E-state index contributed by atoms with van der Waals surface area (Å²) in [5, 5.41) is 3.61. The van der Waals surface area contributed by atoms with Gasteiger partial charge in [0, 0.05) is 5.56 Å². The summed E-state index contributed by atoms with van der Waals surface area (Å²) in [6, 6.07) is 21.3. The monoisotopic (exact) mass is 334 g/mol. The van der Waals surface area contributed by atoms with Crippen molar-refractivity contribution in [3.05, 3.63) is 95.4 Å². The number of oxime groups is 1. The predicted octanol–water partition coefficient (Wildman–Crippen LogP) is 3.76.